The largest absolute Gasteiger partial charge is 0.337 e. The van der Waals surface area contributed by atoms with Gasteiger partial charge in [0.2, 0.25) is 5.89 Å². The van der Waals surface area contributed by atoms with Crippen molar-refractivity contribution in [2.75, 3.05) is 0 Å². The molecule has 0 bridgehead atoms. The van der Waals surface area contributed by atoms with Crippen LogP contribution in [0.4, 0.5) is 0 Å². The molecular weight excluding hydrogens is 262 g/mol. The summed E-state index contributed by atoms with van der Waals surface area (Å²) in [7, 11) is 0. The van der Waals surface area contributed by atoms with Crippen LogP contribution in [0.2, 0.25) is 0 Å². The molecule has 0 amide bonds. The fourth-order valence-corrected chi connectivity index (χ4v) is 1.78. The van der Waals surface area contributed by atoms with E-state index in [2.05, 4.69) is 20.3 Å². The van der Waals surface area contributed by atoms with Crippen molar-refractivity contribution in [1.82, 2.24) is 24.8 Å². The van der Waals surface area contributed by atoms with Gasteiger partial charge in [-0.2, -0.15) is 9.97 Å². The first-order valence-electron chi connectivity index (χ1n) is 5.93. The molecule has 3 rings (SSSR count). The Morgan fingerprint density at radius 3 is 2.55 bits per heavy atom. The van der Waals surface area contributed by atoms with Crippen LogP contribution >= 0.6 is 0 Å². The van der Waals surface area contributed by atoms with Gasteiger partial charge in [-0.25, -0.2) is 0 Å². The zero-order valence-electron chi connectivity index (χ0n) is 10.9. The Morgan fingerprint density at radius 1 is 1.15 bits per heavy atom. The highest BCUT2D eigenvalue weighted by Gasteiger charge is 2.13. The molecule has 3 aromatic heterocycles. The van der Waals surface area contributed by atoms with Crippen molar-refractivity contribution < 1.29 is 9.05 Å². The fourth-order valence-electron chi connectivity index (χ4n) is 1.78. The zero-order chi connectivity index (χ0) is 14.1. The lowest BCUT2D eigenvalue weighted by molar-refractivity contribution is 0.366. The van der Waals surface area contributed by atoms with Crippen molar-refractivity contribution in [1.29, 1.82) is 0 Å². The first-order valence-corrected chi connectivity index (χ1v) is 5.93. The lowest BCUT2D eigenvalue weighted by Gasteiger charge is -2.02. The maximum atomic E-state index is 12.3. The van der Waals surface area contributed by atoms with Crippen LogP contribution in [0, 0.1) is 13.8 Å². The lowest BCUT2D eigenvalue weighted by atomic mass is 10.2. The minimum absolute atomic E-state index is 0.195. The Hall–Kier alpha value is -2.77. The monoisotopic (exact) mass is 273 g/mol. The van der Waals surface area contributed by atoms with Gasteiger partial charge >= 0.3 is 0 Å². The first kappa shape index (κ1) is 12.3. The minimum Gasteiger partial charge on any atom is -0.337 e. The summed E-state index contributed by atoms with van der Waals surface area (Å²) in [6.45, 7) is 3.60. The van der Waals surface area contributed by atoms with Crippen molar-refractivity contribution in [2.45, 2.75) is 20.4 Å². The van der Waals surface area contributed by atoms with Crippen LogP contribution in [0.15, 0.2) is 32.2 Å². The molecular formula is C12H11N5O3. The van der Waals surface area contributed by atoms with E-state index < -0.39 is 0 Å². The molecule has 0 fully saturated rings. The highest BCUT2D eigenvalue weighted by Crippen LogP contribution is 2.12. The number of aryl methyl sites for hydroxylation is 2. The first-order chi connectivity index (χ1) is 9.63. The molecule has 3 aromatic rings. The molecule has 0 aromatic carbocycles. The molecule has 8 heteroatoms. The van der Waals surface area contributed by atoms with Crippen molar-refractivity contribution in [3.8, 4) is 11.5 Å². The van der Waals surface area contributed by atoms with Gasteiger partial charge < -0.3 is 13.6 Å². The second-order valence-electron chi connectivity index (χ2n) is 4.24. The van der Waals surface area contributed by atoms with Crippen LogP contribution in [-0.2, 0) is 6.54 Å². The summed E-state index contributed by atoms with van der Waals surface area (Å²) in [6, 6.07) is 3.35. The van der Waals surface area contributed by atoms with Crippen LogP contribution in [0.3, 0.4) is 0 Å². The summed E-state index contributed by atoms with van der Waals surface area (Å²) < 4.78 is 11.5. The van der Waals surface area contributed by atoms with E-state index in [1.807, 2.05) is 0 Å². The maximum Gasteiger partial charge on any atom is 0.263 e. The van der Waals surface area contributed by atoms with Crippen LogP contribution in [0.1, 0.15) is 17.5 Å². The van der Waals surface area contributed by atoms with Crippen molar-refractivity contribution >= 4 is 0 Å². The van der Waals surface area contributed by atoms with E-state index in [4.69, 9.17) is 9.05 Å². The molecule has 0 unspecified atom stereocenters. The Labute approximate surface area is 113 Å². The summed E-state index contributed by atoms with van der Waals surface area (Å²) >= 11 is 0. The maximum absolute atomic E-state index is 12.3. The van der Waals surface area contributed by atoms with Crippen molar-refractivity contribution in [3.63, 3.8) is 0 Å². The van der Waals surface area contributed by atoms with Gasteiger partial charge in [-0.1, -0.05) is 10.3 Å². The third-order valence-corrected chi connectivity index (χ3v) is 2.65. The van der Waals surface area contributed by atoms with E-state index in [1.54, 1.807) is 32.2 Å². The van der Waals surface area contributed by atoms with Crippen LogP contribution < -0.4 is 5.56 Å². The number of hydrogen-bond donors (Lipinski definition) is 0. The smallest absolute Gasteiger partial charge is 0.263 e. The van der Waals surface area contributed by atoms with Gasteiger partial charge in [0.15, 0.2) is 11.6 Å². The minimum atomic E-state index is -0.257. The summed E-state index contributed by atoms with van der Waals surface area (Å²) in [5.41, 5.74) is 0.0799. The summed E-state index contributed by atoms with van der Waals surface area (Å²) in [5, 5.41) is 7.36. The topological polar surface area (TPSA) is 99.8 Å². The van der Waals surface area contributed by atoms with Gasteiger partial charge in [-0.15, -0.1) is 0 Å². The van der Waals surface area contributed by atoms with Gasteiger partial charge in [0.05, 0.1) is 0 Å². The van der Waals surface area contributed by atoms with Gasteiger partial charge in [-0.3, -0.25) is 4.79 Å². The van der Waals surface area contributed by atoms with Gasteiger partial charge in [0, 0.05) is 6.20 Å². The predicted octanol–water partition coefficient (Wildman–Crippen LogP) is 0.946. The molecule has 0 aliphatic rings. The van der Waals surface area contributed by atoms with E-state index in [-0.39, 0.29) is 18.0 Å². The number of nitrogens with zero attached hydrogens (tertiary/aromatic N) is 5. The van der Waals surface area contributed by atoms with E-state index in [0.717, 1.165) is 0 Å². The van der Waals surface area contributed by atoms with Crippen LogP contribution in [-0.4, -0.2) is 24.8 Å². The molecule has 0 saturated carbocycles. The van der Waals surface area contributed by atoms with Crippen LogP contribution in [0.25, 0.3) is 11.5 Å². The Bertz CT molecular complexity index is 801. The molecule has 8 nitrogen and oxygen atoms in total. The number of hydrogen-bond acceptors (Lipinski definition) is 7. The van der Waals surface area contributed by atoms with Gasteiger partial charge in [-0.05, 0) is 26.0 Å². The average Bonchev–Trinajstić information content (AvgIpc) is 3.01. The molecule has 20 heavy (non-hydrogen) atoms. The SMILES string of the molecule is Cc1noc(Cn2cccc(-c3nc(C)no3)c2=O)n1. The van der Waals surface area contributed by atoms with Crippen LogP contribution in [0.5, 0.6) is 0 Å². The normalized spacial score (nSPS) is 10.9. The molecule has 0 saturated heterocycles. The quantitative estimate of drug-likeness (QED) is 0.700. The Morgan fingerprint density at radius 2 is 1.90 bits per heavy atom. The third kappa shape index (κ3) is 2.22. The molecule has 0 aliphatic carbocycles. The molecule has 102 valence electrons. The highest BCUT2D eigenvalue weighted by molar-refractivity contribution is 5.50. The summed E-state index contributed by atoms with van der Waals surface area (Å²) in [5.74, 6) is 1.56. The van der Waals surface area contributed by atoms with Crippen molar-refractivity contribution in [2.24, 2.45) is 0 Å². The third-order valence-electron chi connectivity index (χ3n) is 2.65. The predicted molar refractivity (Wildman–Crippen MR) is 66.9 cm³/mol. The van der Waals surface area contributed by atoms with Crippen molar-refractivity contribution in [3.05, 3.63) is 46.2 Å². The lowest BCUT2D eigenvalue weighted by Crippen LogP contribution is -2.21. The number of rotatable bonds is 3. The molecule has 3 heterocycles. The average molecular weight is 273 g/mol. The highest BCUT2D eigenvalue weighted by atomic mass is 16.5. The number of aromatic nitrogens is 5. The second kappa shape index (κ2) is 4.72. The summed E-state index contributed by atoms with van der Waals surface area (Å²) in [6.07, 6.45) is 1.63. The Kier molecular flexibility index (Phi) is 2.90. The molecule has 0 aliphatic heterocycles. The molecule has 0 spiro atoms. The fraction of sp³-hybridized carbons (Fsp3) is 0.250. The van der Waals surface area contributed by atoms with Gasteiger partial charge in [0.1, 0.15) is 12.1 Å². The van der Waals surface area contributed by atoms with E-state index in [1.165, 1.54) is 4.57 Å². The molecule has 0 atom stereocenters. The van der Waals surface area contributed by atoms with E-state index >= 15 is 0 Å². The molecule has 0 N–H and O–H groups in total. The summed E-state index contributed by atoms with van der Waals surface area (Å²) in [4.78, 5) is 20.5. The molecule has 0 radical (unpaired) electrons. The van der Waals surface area contributed by atoms with E-state index in [9.17, 15) is 4.79 Å². The Balaban J connectivity index is 1.99. The van der Waals surface area contributed by atoms with E-state index in [0.29, 0.717) is 23.1 Å². The zero-order valence-corrected chi connectivity index (χ0v) is 10.9. The number of pyridine rings is 1. The van der Waals surface area contributed by atoms with Gasteiger partial charge in [0.25, 0.3) is 11.4 Å². The second-order valence-corrected chi connectivity index (χ2v) is 4.24. The standard InChI is InChI=1S/C12H11N5O3/c1-7-13-10(19-15-7)6-17-5-3-4-9(12(17)18)11-14-8(2)16-20-11/h3-5H,6H2,1-2H3.